The summed E-state index contributed by atoms with van der Waals surface area (Å²) in [5.74, 6) is -3.73. The van der Waals surface area contributed by atoms with Gasteiger partial charge in [-0.05, 0) is 37.0 Å². The van der Waals surface area contributed by atoms with Crippen molar-refractivity contribution in [3.05, 3.63) is 36.2 Å². The Bertz CT molecular complexity index is 1600. The van der Waals surface area contributed by atoms with E-state index >= 15 is 0 Å². The number of sulfone groups is 1. The lowest BCUT2D eigenvalue weighted by atomic mass is 9.75. The molecule has 1 aromatic heterocycles. The van der Waals surface area contributed by atoms with Crippen LogP contribution in [0, 0.1) is 33.5 Å². The minimum absolute atomic E-state index is 0.0989. The second-order valence-corrected chi connectivity index (χ2v) is 14.0. The SMILES string of the molecule is CO[C@@H]1C[C@H](S(=O)(=O)c2ccc(-c3cnn(CC4(C)COC4)c3)cc2C(F)(F)F)C[C@@]1(C(=O)O)C1CC1(C#N)C(N)=O. The van der Waals surface area contributed by atoms with E-state index < -0.39 is 79.3 Å². The number of primary amides is 1. The number of benzene rings is 1. The Morgan fingerprint density at radius 3 is 2.48 bits per heavy atom. The van der Waals surface area contributed by atoms with Gasteiger partial charge in [0, 0.05) is 30.2 Å². The number of carboxylic acids is 1. The van der Waals surface area contributed by atoms with Crippen LogP contribution >= 0.6 is 0 Å². The summed E-state index contributed by atoms with van der Waals surface area (Å²) in [6, 6.07) is 4.61. The van der Waals surface area contributed by atoms with Gasteiger partial charge in [-0.2, -0.15) is 23.5 Å². The third-order valence-corrected chi connectivity index (χ3v) is 11.2. The molecule has 1 aliphatic heterocycles. The van der Waals surface area contributed by atoms with Crippen molar-refractivity contribution in [2.45, 2.75) is 55.2 Å². The highest BCUT2D eigenvalue weighted by atomic mass is 32.2. The second kappa shape index (κ2) is 9.78. The number of ether oxygens (including phenoxy) is 2. The molecular formula is C27H29F3N4O7S. The van der Waals surface area contributed by atoms with Gasteiger partial charge < -0.3 is 20.3 Å². The number of nitrogens with two attached hydrogens (primary N) is 1. The van der Waals surface area contributed by atoms with Gasteiger partial charge in [-0.1, -0.05) is 13.0 Å². The molecule has 2 heterocycles. The van der Waals surface area contributed by atoms with Gasteiger partial charge in [0.2, 0.25) is 5.91 Å². The Kier molecular flexibility index (Phi) is 6.99. The summed E-state index contributed by atoms with van der Waals surface area (Å²) in [4.78, 5) is 23.7. The van der Waals surface area contributed by atoms with Crippen molar-refractivity contribution in [3.63, 3.8) is 0 Å². The largest absolute Gasteiger partial charge is 0.481 e. The number of carboxylic acid groups (broad SMARTS) is 1. The number of carbonyl (C=O) groups excluding carboxylic acids is 1. The average Bonchev–Trinajstić information content (AvgIpc) is 3.27. The van der Waals surface area contributed by atoms with Crippen LogP contribution in [0.1, 0.15) is 31.7 Å². The lowest BCUT2D eigenvalue weighted by Gasteiger charge is -2.37. The molecule has 226 valence electrons. The van der Waals surface area contributed by atoms with Crippen LogP contribution in [0.25, 0.3) is 11.1 Å². The fraction of sp³-hybridized carbons (Fsp3) is 0.556. The van der Waals surface area contributed by atoms with Gasteiger partial charge in [-0.3, -0.25) is 14.3 Å². The fourth-order valence-electron chi connectivity index (χ4n) is 6.55. The number of aromatic nitrogens is 2. The molecule has 0 radical (unpaired) electrons. The van der Waals surface area contributed by atoms with E-state index in [2.05, 4.69) is 5.10 Å². The van der Waals surface area contributed by atoms with Gasteiger partial charge in [0.15, 0.2) is 9.84 Å². The molecule has 2 unspecified atom stereocenters. The molecule has 2 aliphatic carbocycles. The summed E-state index contributed by atoms with van der Waals surface area (Å²) < 4.78 is 82.8. The highest BCUT2D eigenvalue weighted by Crippen LogP contribution is 2.66. The maximum atomic E-state index is 14.3. The Morgan fingerprint density at radius 2 is 1.98 bits per heavy atom. The summed E-state index contributed by atoms with van der Waals surface area (Å²) >= 11 is 0. The zero-order valence-electron chi connectivity index (χ0n) is 22.7. The topological polar surface area (TPSA) is 175 Å². The number of rotatable bonds is 9. The number of hydrogen-bond acceptors (Lipinski definition) is 8. The molecular weight excluding hydrogens is 581 g/mol. The van der Waals surface area contributed by atoms with Gasteiger partial charge in [0.1, 0.15) is 10.8 Å². The quantitative estimate of drug-likeness (QED) is 0.432. The van der Waals surface area contributed by atoms with Crippen molar-refractivity contribution in [1.82, 2.24) is 9.78 Å². The van der Waals surface area contributed by atoms with Crippen LogP contribution < -0.4 is 5.73 Å². The molecule has 2 aromatic rings. The Hall–Kier alpha value is -3.48. The molecule has 5 rings (SSSR count). The van der Waals surface area contributed by atoms with E-state index in [-0.39, 0.29) is 17.4 Å². The molecule has 42 heavy (non-hydrogen) atoms. The zero-order valence-corrected chi connectivity index (χ0v) is 23.5. The minimum atomic E-state index is -5.06. The van der Waals surface area contributed by atoms with Gasteiger partial charge >= 0.3 is 12.1 Å². The number of hydrogen-bond donors (Lipinski definition) is 2. The molecule has 11 nitrogen and oxygen atoms in total. The standard InChI is InChI=1S/C27H29F3N4O7S/c1-24(13-41-14-24)12-34-10-16(9-33-34)15-3-4-19(18(5-15)27(28,29)30)42(38,39)17-6-21(40-2)26(7-17,23(36)37)20-8-25(20,11-31)22(32)35/h3-5,9-10,17,20-21H,6-8,12-14H2,1-2H3,(H2,32,35)(H,36,37)/t17-,20?,21+,25?,26+/m0/s1. The van der Waals surface area contributed by atoms with Crippen LogP contribution in [-0.4, -0.2) is 66.9 Å². The van der Waals surface area contributed by atoms with E-state index in [1.807, 2.05) is 6.92 Å². The molecule has 3 fully saturated rings. The molecule has 0 spiro atoms. The van der Waals surface area contributed by atoms with Crippen LogP contribution in [0.5, 0.6) is 0 Å². The van der Waals surface area contributed by atoms with E-state index in [0.717, 1.165) is 19.2 Å². The second-order valence-electron chi connectivity index (χ2n) is 11.8. The van der Waals surface area contributed by atoms with Crippen LogP contribution in [0.3, 0.4) is 0 Å². The number of amides is 1. The molecule has 3 N–H and O–H groups in total. The number of halogens is 3. The molecule has 1 saturated heterocycles. The molecule has 5 atom stereocenters. The third-order valence-electron chi connectivity index (χ3n) is 8.96. The molecule has 3 aliphatic rings. The van der Waals surface area contributed by atoms with Gasteiger partial charge in [0.05, 0.1) is 53.8 Å². The normalized spacial score (nSPS) is 30.3. The summed E-state index contributed by atoms with van der Waals surface area (Å²) in [6.45, 7) is 3.54. The summed E-state index contributed by atoms with van der Waals surface area (Å²) in [5.41, 5.74) is 0.435. The Morgan fingerprint density at radius 1 is 1.29 bits per heavy atom. The summed E-state index contributed by atoms with van der Waals surface area (Å²) in [7, 11) is -3.64. The molecule has 1 aromatic carbocycles. The van der Waals surface area contributed by atoms with Crippen LogP contribution in [-0.2, 0) is 41.6 Å². The van der Waals surface area contributed by atoms with Crippen LogP contribution in [0.2, 0.25) is 0 Å². The Labute approximate surface area is 239 Å². The van der Waals surface area contributed by atoms with Crippen molar-refractivity contribution in [2.75, 3.05) is 20.3 Å². The maximum absolute atomic E-state index is 14.3. The van der Waals surface area contributed by atoms with E-state index in [9.17, 15) is 41.5 Å². The van der Waals surface area contributed by atoms with Crippen molar-refractivity contribution in [3.8, 4) is 17.2 Å². The van der Waals surface area contributed by atoms with Crippen molar-refractivity contribution < 1.29 is 45.8 Å². The highest BCUT2D eigenvalue weighted by Gasteiger charge is 2.75. The number of nitriles is 1. The van der Waals surface area contributed by atoms with Gasteiger partial charge in [0.25, 0.3) is 0 Å². The Balaban J connectivity index is 1.50. The van der Waals surface area contributed by atoms with Crippen LogP contribution in [0.15, 0.2) is 35.5 Å². The van der Waals surface area contributed by atoms with Crippen LogP contribution in [0.4, 0.5) is 13.2 Å². The van der Waals surface area contributed by atoms with E-state index in [0.29, 0.717) is 25.3 Å². The van der Waals surface area contributed by atoms with Gasteiger partial charge in [-0.15, -0.1) is 0 Å². The minimum Gasteiger partial charge on any atom is -0.481 e. The molecule has 1 amide bonds. The van der Waals surface area contributed by atoms with Crippen molar-refractivity contribution in [2.24, 2.45) is 27.9 Å². The lowest BCUT2D eigenvalue weighted by Crippen LogP contribution is -2.44. The number of alkyl halides is 3. The van der Waals surface area contributed by atoms with Gasteiger partial charge in [-0.25, -0.2) is 8.42 Å². The predicted octanol–water partition coefficient (Wildman–Crippen LogP) is 2.64. The third kappa shape index (κ3) is 4.56. The number of methoxy groups -OCH3 is 1. The lowest BCUT2D eigenvalue weighted by molar-refractivity contribution is -0.159. The smallest absolute Gasteiger partial charge is 0.417 e. The van der Waals surface area contributed by atoms with E-state index in [4.69, 9.17) is 15.2 Å². The van der Waals surface area contributed by atoms with E-state index in [1.54, 1.807) is 16.9 Å². The number of aliphatic carboxylic acids is 1. The molecule has 15 heteroatoms. The predicted molar refractivity (Wildman–Crippen MR) is 138 cm³/mol. The average molecular weight is 611 g/mol. The first-order valence-corrected chi connectivity index (χ1v) is 14.6. The number of carbonyl (C=O) groups is 2. The van der Waals surface area contributed by atoms with E-state index in [1.165, 1.54) is 12.3 Å². The summed E-state index contributed by atoms with van der Waals surface area (Å²) in [5, 5.41) is 22.5. The first-order chi connectivity index (χ1) is 19.5. The summed E-state index contributed by atoms with van der Waals surface area (Å²) in [6.07, 6.45) is -4.72. The molecule has 2 saturated carbocycles. The first-order valence-electron chi connectivity index (χ1n) is 13.1. The highest BCUT2D eigenvalue weighted by molar-refractivity contribution is 7.92. The van der Waals surface area contributed by atoms with Crippen molar-refractivity contribution in [1.29, 1.82) is 5.26 Å². The monoisotopic (exact) mass is 610 g/mol. The fourth-order valence-corrected chi connectivity index (χ4v) is 8.57. The molecule has 0 bridgehead atoms. The maximum Gasteiger partial charge on any atom is 0.417 e. The first kappa shape index (κ1) is 30.0. The van der Waals surface area contributed by atoms with Crippen molar-refractivity contribution >= 4 is 21.7 Å². The number of nitrogens with zero attached hydrogens (tertiary/aromatic N) is 3. The zero-order chi connectivity index (χ0) is 30.9.